The number of hydrogen-bond acceptors (Lipinski definition) is 4. The van der Waals surface area contributed by atoms with Gasteiger partial charge in [-0.15, -0.1) is 0 Å². The van der Waals surface area contributed by atoms with Crippen molar-refractivity contribution in [2.45, 2.75) is 33.7 Å². The highest BCUT2D eigenvalue weighted by Gasteiger charge is 2.20. The lowest BCUT2D eigenvalue weighted by Crippen LogP contribution is -2.37. The monoisotopic (exact) mass is 448 g/mol. The molecule has 164 valence electrons. The Balaban J connectivity index is 1.55. The Morgan fingerprint density at radius 1 is 1.13 bits per heavy atom. The SMILES string of the molecule is CCN(CC)c1ccc(NC(=S)N2CCCN(Cc3c(C)nn(C)c3Cl)CC2)cc1. The minimum absolute atomic E-state index is 0.735. The second-order valence-corrected chi connectivity index (χ2v) is 8.49. The lowest BCUT2D eigenvalue weighted by molar-refractivity contribution is 0.277. The standard InChI is InChI=1S/C22H33ClN6S/c1-5-28(6-2)19-10-8-18(9-11-19)24-22(30)29-13-7-12-27(14-15-29)16-20-17(3)25-26(4)21(20)23/h8-11H,5-7,12-16H2,1-4H3,(H,24,30). The maximum Gasteiger partial charge on any atom is 0.173 e. The molecule has 0 bridgehead atoms. The van der Waals surface area contributed by atoms with Crippen LogP contribution in [0.4, 0.5) is 11.4 Å². The summed E-state index contributed by atoms with van der Waals surface area (Å²) in [7, 11) is 1.89. The number of aryl methyl sites for hydroxylation is 2. The Morgan fingerprint density at radius 2 is 1.83 bits per heavy atom. The number of halogens is 1. The minimum Gasteiger partial charge on any atom is -0.372 e. The van der Waals surface area contributed by atoms with Gasteiger partial charge in [0.2, 0.25) is 0 Å². The average molecular weight is 449 g/mol. The van der Waals surface area contributed by atoms with E-state index in [1.165, 1.54) is 5.69 Å². The summed E-state index contributed by atoms with van der Waals surface area (Å²) >= 11 is 12.1. The molecule has 2 aromatic rings. The molecule has 0 radical (unpaired) electrons. The summed E-state index contributed by atoms with van der Waals surface area (Å²) in [6, 6.07) is 8.53. The van der Waals surface area contributed by atoms with Gasteiger partial charge in [-0.3, -0.25) is 9.58 Å². The molecule has 6 nitrogen and oxygen atoms in total. The molecule has 2 heterocycles. The van der Waals surface area contributed by atoms with Crippen molar-refractivity contribution in [2.75, 3.05) is 49.5 Å². The molecule has 0 unspecified atom stereocenters. The van der Waals surface area contributed by atoms with Crippen molar-refractivity contribution >= 4 is 40.3 Å². The van der Waals surface area contributed by atoms with Crippen molar-refractivity contribution in [3.63, 3.8) is 0 Å². The van der Waals surface area contributed by atoms with Crippen molar-refractivity contribution in [3.8, 4) is 0 Å². The molecule has 1 aliphatic rings. The number of aromatic nitrogens is 2. The molecule has 0 atom stereocenters. The predicted octanol–water partition coefficient (Wildman–Crippen LogP) is 4.13. The molecule has 0 aliphatic carbocycles. The van der Waals surface area contributed by atoms with E-state index in [1.807, 2.05) is 14.0 Å². The van der Waals surface area contributed by atoms with E-state index in [4.69, 9.17) is 23.8 Å². The molecular weight excluding hydrogens is 416 g/mol. The van der Waals surface area contributed by atoms with Gasteiger partial charge in [0.05, 0.1) is 5.69 Å². The zero-order chi connectivity index (χ0) is 21.7. The first-order chi connectivity index (χ1) is 14.4. The van der Waals surface area contributed by atoms with Crippen molar-refractivity contribution in [2.24, 2.45) is 7.05 Å². The number of anilines is 2. The van der Waals surface area contributed by atoms with Crippen LogP contribution in [0.1, 0.15) is 31.5 Å². The number of thiocarbonyl (C=S) groups is 1. The molecule has 1 saturated heterocycles. The van der Waals surface area contributed by atoms with Gasteiger partial charge in [0, 0.05) is 69.8 Å². The van der Waals surface area contributed by atoms with Gasteiger partial charge in [0.15, 0.2) is 5.11 Å². The normalized spacial score (nSPS) is 15.2. The van der Waals surface area contributed by atoms with Crippen LogP contribution in [-0.2, 0) is 13.6 Å². The number of rotatable bonds is 6. The fraction of sp³-hybridized carbons (Fsp3) is 0.545. The molecule has 0 saturated carbocycles. The highest BCUT2D eigenvalue weighted by molar-refractivity contribution is 7.80. The van der Waals surface area contributed by atoms with E-state index in [0.717, 1.165) is 79.4 Å². The molecule has 0 spiro atoms. The van der Waals surface area contributed by atoms with Crippen molar-refractivity contribution in [3.05, 3.63) is 40.7 Å². The van der Waals surface area contributed by atoms with E-state index in [-0.39, 0.29) is 0 Å². The Morgan fingerprint density at radius 3 is 2.43 bits per heavy atom. The van der Waals surface area contributed by atoms with Gasteiger partial charge in [-0.05, 0) is 63.7 Å². The highest BCUT2D eigenvalue weighted by atomic mass is 35.5. The molecule has 8 heteroatoms. The van der Waals surface area contributed by atoms with Crippen LogP contribution in [0.25, 0.3) is 0 Å². The van der Waals surface area contributed by atoms with E-state index < -0.39 is 0 Å². The fourth-order valence-corrected chi connectivity index (χ4v) is 4.49. The van der Waals surface area contributed by atoms with E-state index in [0.29, 0.717) is 0 Å². The van der Waals surface area contributed by atoms with Crippen LogP contribution in [0.15, 0.2) is 24.3 Å². The molecule has 1 aliphatic heterocycles. The maximum absolute atomic E-state index is 6.42. The third-order valence-electron chi connectivity index (χ3n) is 5.77. The van der Waals surface area contributed by atoms with Gasteiger partial charge in [-0.25, -0.2) is 0 Å². The van der Waals surface area contributed by atoms with Gasteiger partial charge in [0.1, 0.15) is 5.15 Å². The van der Waals surface area contributed by atoms with Gasteiger partial charge in [0.25, 0.3) is 0 Å². The second-order valence-electron chi connectivity index (χ2n) is 7.74. The molecule has 3 rings (SSSR count). The predicted molar refractivity (Wildman–Crippen MR) is 131 cm³/mol. The Hall–Kier alpha value is -1.83. The maximum atomic E-state index is 6.42. The summed E-state index contributed by atoms with van der Waals surface area (Å²) < 4.78 is 1.75. The summed E-state index contributed by atoms with van der Waals surface area (Å²) in [5.41, 5.74) is 4.41. The largest absolute Gasteiger partial charge is 0.372 e. The smallest absolute Gasteiger partial charge is 0.173 e. The van der Waals surface area contributed by atoms with Crippen LogP contribution < -0.4 is 10.2 Å². The molecule has 1 N–H and O–H groups in total. The van der Waals surface area contributed by atoms with Crippen LogP contribution in [0.5, 0.6) is 0 Å². The van der Waals surface area contributed by atoms with E-state index >= 15 is 0 Å². The number of nitrogens with zero attached hydrogens (tertiary/aromatic N) is 5. The van der Waals surface area contributed by atoms with Crippen LogP contribution in [0.3, 0.4) is 0 Å². The lowest BCUT2D eigenvalue weighted by Gasteiger charge is -2.25. The number of benzene rings is 1. The van der Waals surface area contributed by atoms with Crippen LogP contribution in [0.2, 0.25) is 5.15 Å². The number of hydrogen-bond donors (Lipinski definition) is 1. The van der Waals surface area contributed by atoms with Crippen LogP contribution in [-0.4, -0.2) is 64.0 Å². The van der Waals surface area contributed by atoms with Crippen molar-refractivity contribution < 1.29 is 0 Å². The molecule has 1 aromatic heterocycles. The molecular formula is C22H33ClN6S. The van der Waals surface area contributed by atoms with Gasteiger partial charge < -0.3 is 15.1 Å². The number of nitrogens with one attached hydrogen (secondary N) is 1. The Labute approximate surface area is 190 Å². The zero-order valence-electron chi connectivity index (χ0n) is 18.5. The van der Waals surface area contributed by atoms with Gasteiger partial charge >= 0.3 is 0 Å². The van der Waals surface area contributed by atoms with E-state index in [9.17, 15) is 0 Å². The van der Waals surface area contributed by atoms with Crippen molar-refractivity contribution in [1.29, 1.82) is 0 Å². The van der Waals surface area contributed by atoms with Crippen molar-refractivity contribution in [1.82, 2.24) is 19.6 Å². The molecule has 30 heavy (non-hydrogen) atoms. The van der Waals surface area contributed by atoms with Gasteiger partial charge in [-0.2, -0.15) is 5.10 Å². The first-order valence-corrected chi connectivity index (χ1v) is 11.5. The van der Waals surface area contributed by atoms with Crippen LogP contribution >= 0.6 is 23.8 Å². The Bertz CT molecular complexity index is 846. The third-order valence-corrected chi connectivity index (χ3v) is 6.61. The average Bonchev–Trinajstić information content (AvgIpc) is 2.91. The first kappa shape index (κ1) is 22.8. The van der Waals surface area contributed by atoms with E-state index in [1.54, 1.807) is 4.68 Å². The topological polar surface area (TPSA) is 39.6 Å². The Kier molecular flexibility index (Phi) is 7.97. The van der Waals surface area contributed by atoms with Crippen LogP contribution in [0, 0.1) is 6.92 Å². The zero-order valence-corrected chi connectivity index (χ0v) is 20.1. The lowest BCUT2D eigenvalue weighted by atomic mass is 10.2. The van der Waals surface area contributed by atoms with E-state index in [2.05, 4.69) is 63.2 Å². The summed E-state index contributed by atoms with van der Waals surface area (Å²) in [6.07, 6.45) is 1.07. The first-order valence-electron chi connectivity index (χ1n) is 10.7. The summed E-state index contributed by atoms with van der Waals surface area (Å²) in [4.78, 5) is 7.05. The summed E-state index contributed by atoms with van der Waals surface area (Å²) in [5.74, 6) is 0. The molecule has 1 aromatic carbocycles. The van der Waals surface area contributed by atoms with Gasteiger partial charge in [-0.1, -0.05) is 11.6 Å². The fourth-order valence-electron chi connectivity index (χ4n) is 3.96. The highest BCUT2D eigenvalue weighted by Crippen LogP contribution is 2.22. The third kappa shape index (κ3) is 5.45. The second kappa shape index (κ2) is 10.5. The molecule has 0 amide bonds. The molecule has 1 fully saturated rings. The summed E-state index contributed by atoms with van der Waals surface area (Å²) in [6.45, 7) is 13.1. The summed E-state index contributed by atoms with van der Waals surface area (Å²) in [5, 5.41) is 9.37. The minimum atomic E-state index is 0.735. The quantitative estimate of drug-likeness (QED) is 0.670.